The molecule has 9 heteroatoms. The second kappa shape index (κ2) is 9.25. The van der Waals surface area contributed by atoms with E-state index in [0.29, 0.717) is 13.0 Å². The largest absolute Gasteiger partial charge is 0.497 e. The van der Waals surface area contributed by atoms with E-state index in [0.717, 1.165) is 43.7 Å². The molecule has 2 aliphatic rings. The lowest BCUT2D eigenvalue weighted by atomic mass is 9.93. The zero-order valence-electron chi connectivity index (χ0n) is 19.5. The van der Waals surface area contributed by atoms with Gasteiger partial charge in [0.2, 0.25) is 5.91 Å². The highest BCUT2D eigenvalue weighted by atomic mass is 16.5. The highest BCUT2D eigenvalue weighted by molar-refractivity contribution is 6.07. The molecule has 1 fully saturated rings. The molecule has 2 aliphatic heterocycles. The molecule has 3 heterocycles. The van der Waals surface area contributed by atoms with Gasteiger partial charge in [-0.15, -0.1) is 0 Å². The standard InChI is InChI=1S/C24H31N5O4/c1-24(23(32)28-13-5-4-6-14-28)15-29-16-26-19(20(29)22(31)27(24)2)21(30)25-12-11-17-7-9-18(33-3)10-8-17/h7-10,16H,4-6,11-15H2,1-3H3,(H,25,30)/t24-/m1/s1. The van der Waals surface area contributed by atoms with Crippen LogP contribution in [0.25, 0.3) is 0 Å². The number of carbonyl (C=O) groups excluding carboxylic acids is 3. The summed E-state index contributed by atoms with van der Waals surface area (Å²) in [7, 11) is 3.25. The van der Waals surface area contributed by atoms with Crippen molar-refractivity contribution >= 4 is 17.7 Å². The van der Waals surface area contributed by atoms with E-state index in [2.05, 4.69) is 10.3 Å². The summed E-state index contributed by atoms with van der Waals surface area (Å²) < 4.78 is 6.80. The molecular formula is C24H31N5O4. The van der Waals surface area contributed by atoms with Crippen LogP contribution >= 0.6 is 0 Å². The minimum atomic E-state index is -1.01. The molecule has 2 aromatic rings. The lowest BCUT2D eigenvalue weighted by Crippen LogP contribution is -2.63. The summed E-state index contributed by atoms with van der Waals surface area (Å²) in [6.45, 7) is 3.91. The number of ether oxygens (including phenoxy) is 1. The Hall–Kier alpha value is -3.36. The van der Waals surface area contributed by atoms with E-state index in [4.69, 9.17) is 4.74 Å². The summed E-state index contributed by atoms with van der Waals surface area (Å²) >= 11 is 0. The van der Waals surface area contributed by atoms with E-state index in [1.54, 1.807) is 25.6 Å². The van der Waals surface area contributed by atoms with Gasteiger partial charge in [0.25, 0.3) is 11.8 Å². The maximum Gasteiger partial charge on any atom is 0.273 e. The van der Waals surface area contributed by atoms with Crippen LogP contribution in [-0.4, -0.2) is 76.4 Å². The Morgan fingerprint density at radius 1 is 1.15 bits per heavy atom. The lowest BCUT2D eigenvalue weighted by Gasteiger charge is -2.44. The van der Waals surface area contributed by atoms with E-state index in [-0.39, 0.29) is 29.7 Å². The number of hydrogen-bond donors (Lipinski definition) is 1. The number of piperidine rings is 1. The van der Waals surface area contributed by atoms with Gasteiger partial charge in [-0.1, -0.05) is 12.1 Å². The van der Waals surface area contributed by atoms with Crippen molar-refractivity contribution < 1.29 is 19.1 Å². The number of hydrogen-bond acceptors (Lipinski definition) is 5. The smallest absolute Gasteiger partial charge is 0.273 e. The minimum Gasteiger partial charge on any atom is -0.497 e. The zero-order chi connectivity index (χ0) is 23.6. The van der Waals surface area contributed by atoms with Crippen LogP contribution in [0.1, 0.15) is 52.7 Å². The van der Waals surface area contributed by atoms with Gasteiger partial charge in [-0.2, -0.15) is 0 Å². The summed E-state index contributed by atoms with van der Waals surface area (Å²) in [5.41, 5.74) is 0.368. The Labute approximate surface area is 193 Å². The van der Waals surface area contributed by atoms with Gasteiger partial charge in [0.05, 0.1) is 20.0 Å². The zero-order valence-corrected chi connectivity index (χ0v) is 19.5. The summed E-state index contributed by atoms with van der Waals surface area (Å²) in [4.78, 5) is 46.9. The molecule has 0 aliphatic carbocycles. The van der Waals surface area contributed by atoms with Crippen LogP contribution in [0, 0.1) is 0 Å². The van der Waals surface area contributed by atoms with Crippen molar-refractivity contribution in [3.63, 3.8) is 0 Å². The molecular weight excluding hydrogens is 422 g/mol. The van der Waals surface area contributed by atoms with Crippen molar-refractivity contribution in [3.05, 3.63) is 47.5 Å². The number of amides is 3. The maximum atomic E-state index is 13.3. The number of rotatable bonds is 6. The minimum absolute atomic E-state index is 0.0529. The van der Waals surface area contributed by atoms with Gasteiger partial charge >= 0.3 is 0 Å². The first-order valence-corrected chi connectivity index (χ1v) is 11.4. The van der Waals surface area contributed by atoms with Crippen molar-refractivity contribution in [3.8, 4) is 5.75 Å². The third kappa shape index (κ3) is 4.31. The molecule has 1 aromatic carbocycles. The van der Waals surface area contributed by atoms with Gasteiger partial charge in [0, 0.05) is 26.7 Å². The predicted molar refractivity (Wildman–Crippen MR) is 122 cm³/mol. The van der Waals surface area contributed by atoms with Gasteiger partial charge in [0.15, 0.2) is 5.69 Å². The Bertz CT molecular complexity index is 1040. The first kappa shape index (κ1) is 22.8. The van der Waals surface area contributed by atoms with Crippen molar-refractivity contribution in [1.29, 1.82) is 0 Å². The number of likely N-dealkylation sites (tertiary alicyclic amines) is 1. The van der Waals surface area contributed by atoms with E-state index < -0.39 is 11.4 Å². The Morgan fingerprint density at radius 2 is 1.85 bits per heavy atom. The Morgan fingerprint density at radius 3 is 2.52 bits per heavy atom. The first-order chi connectivity index (χ1) is 15.8. The Balaban J connectivity index is 1.45. The number of methoxy groups -OCH3 is 1. The highest BCUT2D eigenvalue weighted by Gasteiger charge is 2.48. The average molecular weight is 454 g/mol. The fourth-order valence-corrected chi connectivity index (χ4v) is 4.56. The fourth-order valence-electron chi connectivity index (χ4n) is 4.56. The quantitative estimate of drug-likeness (QED) is 0.719. The average Bonchev–Trinajstić information content (AvgIpc) is 3.26. The van der Waals surface area contributed by atoms with Crippen LogP contribution in [0.15, 0.2) is 30.6 Å². The molecule has 1 N–H and O–H groups in total. The second-order valence-corrected chi connectivity index (χ2v) is 8.91. The number of fused-ring (bicyclic) bond motifs is 1. The number of aromatic nitrogens is 2. The molecule has 0 spiro atoms. The van der Waals surface area contributed by atoms with Gasteiger partial charge in [-0.25, -0.2) is 4.98 Å². The number of likely N-dealkylation sites (N-methyl/N-ethyl adjacent to an activating group) is 1. The summed E-state index contributed by atoms with van der Waals surface area (Å²) in [5, 5.41) is 2.85. The van der Waals surface area contributed by atoms with Crippen LogP contribution in [0.4, 0.5) is 0 Å². The van der Waals surface area contributed by atoms with Gasteiger partial charge in [-0.05, 0) is 50.3 Å². The van der Waals surface area contributed by atoms with Crippen molar-refractivity contribution in [2.45, 2.75) is 44.7 Å². The monoisotopic (exact) mass is 453 g/mol. The predicted octanol–water partition coefficient (Wildman–Crippen LogP) is 1.72. The van der Waals surface area contributed by atoms with Crippen LogP contribution in [0.5, 0.6) is 5.75 Å². The fraction of sp³-hybridized carbons (Fsp3) is 0.500. The number of carbonyl (C=O) groups is 3. The van der Waals surface area contributed by atoms with Crippen molar-refractivity contribution in [2.75, 3.05) is 33.8 Å². The normalized spacial score (nSPS) is 20.4. The molecule has 0 saturated carbocycles. The molecule has 0 radical (unpaired) electrons. The van der Waals surface area contributed by atoms with Gasteiger partial charge in [-0.3, -0.25) is 14.4 Å². The molecule has 1 aromatic heterocycles. The molecule has 0 unspecified atom stereocenters. The lowest BCUT2D eigenvalue weighted by molar-refractivity contribution is -0.144. The number of benzene rings is 1. The van der Waals surface area contributed by atoms with E-state index >= 15 is 0 Å². The Kier molecular flexibility index (Phi) is 6.40. The SMILES string of the molecule is COc1ccc(CCNC(=O)c2ncn3c2C(=O)N(C)[C@@](C)(C(=O)N2CCCCC2)C3)cc1. The van der Waals surface area contributed by atoms with E-state index in [1.165, 1.54) is 11.2 Å². The van der Waals surface area contributed by atoms with Crippen LogP contribution in [-0.2, 0) is 17.8 Å². The van der Waals surface area contributed by atoms with E-state index in [9.17, 15) is 14.4 Å². The second-order valence-electron chi connectivity index (χ2n) is 8.91. The third-order valence-corrected chi connectivity index (χ3v) is 6.74. The molecule has 176 valence electrons. The molecule has 0 bridgehead atoms. The van der Waals surface area contributed by atoms with Crippen molar-refractivity contribution in [2.24, 2.45) is 0 Å². The van der Waals surface area contributed by atoms with Crippen LogP contribution < -0.4 is 10.1 Å². The molecule has 4 rings (SSSR count). The van der Waals surface area contributed by atoms with Gasteiger partial charge in [0.1, 0.15) is 17.0 Å². The highest BCUT2D eigenvalue weighted by Crippen LogP contribution is 2.29. The number of imidazole rings is 1. The summed E-state index contributed by atoms with van der Waals surface area (Å²) in [6.07, 6.45) is 5.22. The molecule has 1 saturated heterocycles. The summed E-state index contributed by atoms with van der Waals surface area (Å²) in [5.74, 6) is -0.0411. The van der Waals surface area contributed by atoms with E-state index in [1.807, 2.05) is 29.2 Å². The molecule has 3 amide bonds. The van der Waals surface area contributed by atoms with Crippen LogP contribution in [0.2, 0.25) is 0 Å². The van der Waals surface area contributed by atoms with Crippen molar-refractivity contribution in [1.82, 2.24) is 24.7 Å². The van der Waals surface area contributed by atoms with Crippen LogP contribution in [0.3, 0.4) is 0 Å². The van der Waals surface area contributed by atoms with Gasteiger partial charge < -0.3 is 24.4 Å². The number of nitrogens with zero attached hydrogens (tertiary/aromatic N) is 4. The first-order valence-electron chi connectivity index (χ1n) is 11.4. The number of nitrogens with one attached hydrogen (secondary N) is 1. The molecule has 9 nitrogen and oxygen atoms in total. The third-order valence-electron chi connectivity index (χ3n) is 6.74. The summed E-state index contributed by atoms with van der Waals surface area (Å²) in [6, 6.07) is 7.64. The topological polar surface area (TPSA) is 96.8 Å². The molecule has 33 heavy (non-hydrogen) atoms. The maximum absolute atomic E-state index is 13.3. The molecule has 1 atom stereocenters.